The van der Waals surface area contributed by atoms with E-state index in [1.807, 2.05) is 0 Å². The number of oxime groups is 1. The van der Waals surface area contributed by atoms with Crippen LogP contribution >= 0.6 is 0 Å². The monoisotopic (exact) mass is 422 g/mol. The number of alkyl halides is 3. The number of rotatable bonds is 9. The molecule has 1 heterocycles. The Morgan fingerprint density at radius 1 is 1.23 bits per heavy atom. The number of ketones is 1. The lowest BCUT2D eigenvalue weighted by Gasteiger charge is -2.13. The summed E-state index contributed by atoms with van der Waals surface area (Å²) in [4.78, 5) is 21.0. The fourth-order valence-electron chi connectivity index (χ4n) is 2.66. The molecule has 0 bridgehead atoms. The fraction of sp³-hybridized carbons (Fsp3) is 0.381. The predicted molar refractivity (Wildman–Crippen MR) is 102 cm³/mol. The van der Waals surface area contributed by atoms with Gasteiger partial charge in [-0.1, -0.05) is 11.2 Å². The molecular weight excluding hydrogens is 401 g/mol. The standard InChI is InChI=1S/C21H21F3N2O4/c1-13(16-6-8-20(25-10-16)29-12-18(27)15-4-5-15)26-30-11-14-3-7-17(21(22,23)24)19(9-14)28-2/h3,6-10,15H,4-5,11-12H2,1-2H3. The molecule has 30 heavy (non-hydrogen) atoms. The minimum absolute atomic E-state index is 0.0176. The molecule has 9 heteroatoms. The van der Waals surface area contributed by atoms with Gasteiger partial charge in [0.2, 0.25) is 5.88 Å². The van der Waals surface area contributed by atoms with Crippen molar-refractivity contribution in [2.45, 2.75) is 32.5 Å². The Bertz CT molecular complexity index is 923. The van der Waals surface area contributed by atoms with Crippen molar-refractivity contribution in [2.75, 3.05) is 13.7 Å². The van der Waals surface area contributed by atoms with Gasteiger partial charge < -0.3 is 14.3 Å². The molecule has 1 aliphatic rings. The number of hydrogen-bond donors (Lipinski definition) is 0. The van der Waals surface area contributed by atoms with Gasteiger partial charge in [-0.05, 0) is 43.5 Å². The van der Waals surface area contributed by atoms with E-state index in [0.29, 0.717) is 22.7 Å². The van der Waals surface area contributed by atoms with E-state index in [1.165, 1.54) is 19.2 Å². The van der Waals surface area contributed by atoms with Gasteiger partial charge in [0, 0.05) is 23.7 Å². The van der Waals surface area contributed by atoms with Crippen molar-refractivity contribution in [1.82, 2.24) is 4.98 Å². The molecular formula is C21H21F3N2O4. The molecule has 0 amide bonds. The molecule has 0 atom stereocenters. The summed E-state index contributed by atoms with van der Waals surface area (Å²) < 4.78 is 48.9. The van der Waals surface area contributed by atoms with Crippen LogP contribution in [-0.2, 0) is 22.4 Å². The molecule has 1 aromatic heterocycles. The van der Waals surface area contributed by atoms with Crippen LogP contribution in [0.3, 0.4) is 0 Å². The number of aromatic nitrogens is 1. The van der Waals surface area contributed by atoms with Gasteiger partial charge in [-0.15, -0.1) is 0 Å². The second-order valence-electron chi connectivity index (χ2n) is 6.90. The normalized spacial score (nSPS) is 14.4. The highest BCUT2D eigenvalue weighted by molar-refractivity contribution is 5.98. The Morgan fingerprint density at radius 3 is 2.60 bits per heavy atom. The fourth-order valence-corrected chi connectivity index (χ4v) is 2.66. The van der Waals surface area contributed by atoms with Crippen LogP contribution in [0.2, 0.25) is 0 Å². The summed E-state index contributed by atoms with van der Waals surface area (Å²) in [6.07, 6.45) is -1.08. The Balaban J connectivity index is 1.55. The summed E-state index contributed by atoms with van der Waals surface area (Å²) in [5.41, 5.74) is 0.849. The maximum absolute atomic E-state index is 12.9. The molecule has 0 aliphatic heterocycles. The van der Waals surface area contributed by atoms with E-state index >= 15 is 0 Å². The topological polar surface area (TPSA) is 70.0 Å². The van der Waals surface area contributed by atoms with E-state index in [9.17, 15) is 18.0 Å². The van der Waals surface area contributed by atoms with Crippen LogP contribution in [0.1, 0.15) is 36.5 Å². The highest BCUT2D eigenvalue weighted by Gasteiger charge is 2.34. The van der Waals surface area contributed by atoms with Crippen molar-refractivity contribution < 1.29 is 32.3 Å². The molecule has 0 unspecified atom stereocenters. The smallest absolute Gasteiger partial charge is 0.419 e. The number of carbonyl (C=O) groups is 1. The minimum Gasteiger partial charge on any atom is -0.496 e. The zero-order valence-electron chi connectivity index (χ0n) is 16.5. The van der Waals surface area contributed by atoms with Crippen LogP contribution < -0.4 is 9.47 Å². The number of methoxy groups -OCH3 is 1. The number of halogens is 3. The van der Waals surface area contributed by atoms with Crippen molar-refractivity contribution in [3.05, 3.63) is 53.2 Å². The molecule has 0 saturated heterocycles. The van der Waals surface area contributed by atoms with Crippen LogP contribution in [-0.4, -0.2) is 30.2 Å². The van der Waals surface area contributed by atoms with Crippen molar-refractivity contribution >= 4 is 11.5 Å². The Morgan fingerprint density at radius 2 is 2.00 bits per heavy atom. The molecule has 1 saturated carbocycles. The summed E-state index contributed by atoms with van der Waals surface area (Å²) >= 11 is 0. The van der Waals surface area contributed by atoms with Crippen molar-refractivity contribution in [1.29, 1.82) is 0 Å². The number of carbonyl (C=O) groups excluding carboxylic acids is 1. The van der Waals surface area contributed by atoms with E-state index in [2.05, 4.69) is 10.1 Å². The predicted octanol–water partition coefficient (Wildman–Crippen LogP) is 4.41. The third-order valence-electron chi connectivity index (χ3n) is 4.55. The summed E-state index contributed by atoms with van der Waals surface area (Å²) in [7, 11) is 1.18. The molecule has 0 N–H and O–H groups in total. The molecule has 2 aromatic rings. The number of hydrogen-bond acceptors (Lipinski definition) is 6. The Hall–Kier alpha value is -3.10. The van der Waals surface area contributed by atoms with E-state index in [0.717, 1.165) is 18.9 Å². The lowest BCUT2D eigenvalue weighted by molar-refractivity contribution is -0.138. The quantitative estimate of drug-likeness (QED) is 0.442. The molecule has 1 fully saturated rings. The first kappa shape index (κ1) is 21.6. The van der Waals surface area contributed by atoms with Gasteiger partial charge in [-0.25, -0.2) is 4.98 Å². The van der Waals surface area contributed by atoms with Crippen molar-refractivity contribution in [3.63, 3.8) is 0 Å². The summed E-state index contributed by atoms with van der Waals surface area (Å²) in [6, 6.07) is 6.89. The molecule has 6 nitrogen and oxygen atoms in total. The average molecular weight is 422 g/mol. The van der Waals surface area contributed by atoms with Gasteiger partial charge >= 0.3 is 6.18 Å². The summed E-state index contributed by atoms with van der Waals surface area (Å²) in [6.45, 7) is 1.70. The first-order valence-electron chi connectivity index (χ1n) is 9.30. The molecule has 0 radical (unpaired) electrons. The minimum atomic E-state index is -4.49. The van der Waals surface area contributed by atoms with E-state index < -0.39 is 11.7 Å². The van der Waals surface area contributed by atoms with Gasteiger partial charge in [-0.3, -0.25) is 4.79 Å². The van der Waals surface area contributed by atoms with Crippen LogP contribution in [0.25, 0.3) is 0 Å². The van der Waals surface area contributed by atoms with Gasteiger partial charge in [-0.2, -0.15) is 13.2 Å². The first-order chi connectivity index (χ1) is 14.3. The van der Waals surface area contributed by atoms with Crippen molar-refractivity contribution in [2.24, 2.45) is 11.1 Å². The van der Waals surface area contributed by atoms with Crippen molar-refractivity contribution in [3.8, 4) is 11.6 Å². The van der Waals surface area contributed by atoms with E-state index in [-0.39, 0.29) is 30.7 Å². The first-order valence-corrected chi connectivity index (χ1v) is 9.30. The molecule has 0 spiro atoms. The number of benzene rings is 1. The Labute approximate surface area is 171 Å². The zero-order valence-corrected chi connectivity index (χ0v) is 16.5. The van der Waals surface area contributed by atoms with Crippen LogP contribution in [0, 0.1) is 5.92 Å². The van der Waals surface area contributed by atoms with E-state index in [4.69, 9.17) is 14.3 Å². The third kappa shape index (κ3) is 5.71. The van der Waals surface area contributed by atoms with E-state index in [1.54, 1.807) is 25.3 Å². The van der Waals surface area contributed by atoms with Gasteiger partial charge in [0.1, 0.15) is 19.0 Å². The van der Waals surface area contributed by atoms with Gasteiger partial charge in [0.15, 0.2) is 5.78 Å². The number of Topliss-reactive ketones (excluding diaryl/α,β-unsaturated/α-hetero) is 1. The molecule has 1 aliphatic carbocycles. The maximum atomic E-state index is 12.9. The van der Waals surface area contributed by atoms with Gasteiger partial charge in [0.05, 0.1) is 18.4 Å². The number of nitrogens with zero attached hydrogens (tertiary/aromatic N) is 2. The molecule has 3 rings (SSSR count). The number of pyridine rings is 1. The lowest BCUT2D eigenvalue weighted by atomic mass is 10.1. The second kappa shape index (κ2) is 9.15. The highest BCUT2D eigenvalue weighted by Crippen LogP contribution is 2.36. The van der Waals surface area contributed by atoms with Crippen LogP contribution in [0.4, 0.5) is 13.2 Å². The average Bonchev–Trinajstić information content (AvgIpc) is 3.57. The van der Waals surface area contributed by atoms with Gasteiger partial charge in [0.25, 0.3) is 0 Å². The summed E-state index contributed by atoms with van der Waals surface area (Å²) in [5, 5.41) is 3.97. The Kier molecular flexibility index (Phi) is 6.59. The SMILES string of the molecule is COc1cc(CON=C(C)c2ccc(OCC(=O)C3CC3)nc2)ccc1C(F)(F)F. The van der Waals surface area contributed by atoms with Crippen LogP contribution in [0.5, 0.6) is 11.6 Å². The third-order valence-corrected chi connectivity index (χ3v) is 4.55. The zero-order chi connectivity index (χ0) is 21.7. The largest absolute Gasteiger partial charge is 0.496 e. The maximum Gasteiger partial charge on any atom is 0.419 e. The molecule has 1 aromatic carbocycles. The summed E-state index contributed by atoms with van der Waals surface area (Å²) in [5.74, 6) is 0.301. The lowest BCUT2D eigenvalue weighted by Crippen LogP contribution is -2.13. The number of ether oxygens (including phenoxy) is 2. The second-order valence-corrected chi connectivity index (χ2v) is 6.90. The highest BCUT2D eigenvalue weighted by atomic mass is 19.4. The molecule has 160 valence electrons. The van der Waals surface area contributed by atoms with Crippen LogP contribution in [0.15, 0.2) is 41.7 Å².